The topological polar surface area (TPSA) is 66.4 Å². The molecule has 1 fully saturated rings. The first-order chi connectivity index (χ1) is 7.04. The predicted octanol–water partition coefficient (Wildman–Crippen LogP) is 1.26. The molecule has 1 amide bonds. The van der Waals surface area contributed by atoms with Crippen molar-refractivity contribution in [3.05, 3.63) is 0 Å². The van der Waals surface area contributed by atoms with Crippen molar-refractivity contribution in [3.8, 4) is 0 Å². The number of amides is 1. The number of carboxylic acids is 1. The van der Waals surface area contributed by atoms with E-state index in [4.69, 9.17) is 5.11 Å². The summed E-state index contributed by atoms with van der Waals surface area (Å²) in [5.74, 6) is 0.0274. The van der Waals surface area contributed by atoms with Crippen LogP contribution < -0.4 is 5.32 Å². The van der Waals surface area contributed by atoms with E-state index in [2.05, 4.69) is 12.2 Å². The molecule has 3 unspecified atom stereocenters. The van der Waals surface area contributed by atoms with Gasteiger partial charge in [0.2, 0.25) is 5.91 Å². The van der Waals surface area contributed by atoms with Gasteiger partial charge in [0, 0.05) is 18.9 Å². The monoisotopic (exact) mass is 213 g/mol. The minimum Gasteiger partial charge on any atom is -0.481 e. The lowest BCUT2D eigenvalue weighted by Crippen LogP contribution is -2.31. The average molecular weight is 213 g/mol. The molecule has 2 N–H and O–H groups in total. The van der Waals surface area contributed by atoms with Crippen molar-refractivity contribution >= 4 is 11.9 Å². The maximum atomic E-state index is 11.5. The van der Waals surface area contributed by atoms with Crippen LogP contribution in [0, 0.1) is 17.8 Å². The summed E-state index contributed by atoms with van der Waals surface area (Å²) in [7, 11) is 0. The molecule has 1 aliphatic carbocycles. The fourth-order valence-corrected chi connectivity index (χ4v) is 1.67. The minimum atomic E-state index is -0.795. The summed E-state index contributed by atoms with van der Waals surface area (Å²) in [4.78, 5) is 22.0. The summed E-state index contributed by atoms with van der Waals surface area (Å²) in [5.41, 5.74) is 0. The summed E-state index contributed by atoms with van der Waals surface area (Å²) in [6, 6.07) is 0. The van der Waals surface area contributed by atoms with Crippen LogP contribution in [0.1, 0.15) is 33.1 Å². The van der Waals surface area contributed by atoms with Gasteiger partial charge in [-0.15, -0.1) is 0 Å². The maximum Gasteiger partial charge on any atom is 0.303 e. The largest absolute Gasteiger partial charge is 0.481 e. The second kappa shape index (κ2) is 5.14. The minimum absolute atomic E-state index is 0.0560. The number of nitrogens with one attached hydrogen (secondary N) is 1. The van der Waals surface area contributed by atoms with Gasteiger partial charge < -0.3 is 10.4 Å². The third-order valence-corrected chi connectivity index (χ3v) is 3.05. The smallest absolute Gasteiger partial charge is 0.303 e. The van der Waals surface area contributed by atoms with Crippen molar-refractivity contribution in [2.75, 3.05) is 6.54 Å². The maximum absolute atomic E-state index is 11.5. The number of aliphatic carboxylic acids is 1. The van der Waals surface area contributed by atoms with Gasteiger partial charge in [-0.05, 0) is 18.3 Å². The van der Waals surface area contributed by atoms with E-state index >= 15 is 0 Å². The summed E-state index contributed by atoms with van der Waals surface area (Å²) < 4.78 is 0. The van der Waals surface area contributed by atoms with Gasteiger partial charge in [0.05, 0.1) is 0 Å². The van der Waals surface area contributed by atoms with E-state index in [1.807, 2.05) is 6.92 Å². The zero-order chi connectivity index (χ0) is 11.4. The summed E-state index contributed by atoms with van der Waals surface area (Å²) in [5, 5.41) is 11.5. The van der Waals surface area contributed by atoms with Gasteiger partial charge in [0.15, 0.2) is 0 Å². The second-order valence-corrected chi connectivity index (χ2v) is 4.44. The highest BCUT2D eigenvalue weighted by Gasteiger charge is 2.38. The fourth-order valence-electron chi connectivity index (χ4n) is 1.67. The van der Waals surface area contributed by atoms with Crippen LogP contribution in [0.25, 0.3) is 0 Å². The Morgan fingerprint density at radius 3 is 2.53 bits per heavy atom. The summed E-state index contributed by atoms with van der Waals surface area (Å²) in [6.45, 7) is 4.49. The molecule has 1 aliphatic rings. The number of rotatable bonds is 6. The third-order valence-electron chi connectivity index (χ3n) is 3.05. The first-order valence-corrected chi connectivity index (χ1v) is 5.54. The van der Waals surface area contributed by atoms with Gasteiger partial charge in [-0.1, -0.05) is 20.3 Å². The molecule has 0 radical (unpaired) electrons. The molecule has 0 aromatic rings. The molecular weight excluding hydrogens is 194 g/mol. The van der Waals surface area contributed by atoms with Crippen molar-refractivity contribution in [1.82, 2.24) is 5.32 Å². The standard InChI is InChI=1S/C11H19NO3/c1-3-8(5-10(13)14)6-12-11(15)9-4-7(9)2/h7-9H,3-6H2,1-2H3,(H,12,15)(H,13,14). The molecule has 3 atom stereocenters. The Morgan fingerprint density at radius 2 is 2.13 bits per heavy atom. The van der Waals surface area contributed by atoms with Crippen molar-refractivity contribution in [1.29, 1.82) is 0 Å². The first kappa shape index (κ1) is 12.0. The van der Waals surface area contributed by atoms with Crippen LogP contribution in [0.2, 0.25) is 0 Å². The molecule has 0 bridgehead atoms. The Labute approximate surface area is 90.0 Å². The average Bonchev–Trinajstić information content (AvgIpc) is 2.89. The van der Waals surface area contributed by atoms with E-state index in [9.17, 15) is 9.59 Å². The highest BCUT2D eigenvalue weighted by atomic mass is 16.4. The van der Waals surface area contributed by atoms with E-state index < -0.39 is 5.97 Å². The zero-order valence-corrected chi connectivity index (χ0v) is 9.32. The van der Waals surface area contributed by atoms with Gasteiger partial charge in [-0.3, -0.25) is 9.59 Å². The highest BCUT2D eigenvalue weighted by Crippen LogP contribution is 2.37. The molecule has 1 saturated carbocycles. The molecule has 1 rings (SSSR count). The first-order valence-electron chi connectivity index (χ1n) is 5.54. The number of hydrogen-bond donors (Lipinski definition) is 2. The second-order valence-electron chi connectivity index (χ2n) is 4.44. The Kier molecular flexibility index (Phi) is 4.12. The van der Waals surface area contributed by atoms with Crippen LogP contribution in [0.3, 0.4) is 0 Å². The van der Waals surface area contributed by atoms with Crippen LogP contribution in [-0.4, -0.2) is 23.5 Å². The van der Waals surface area contributed by atoms with Gasteiger partial charge in [-0.2, -0.15) is 0 Å². The van der Waals surface area contributed by atoms with E-state index in [1.54, 1.807) is 0 Å². The van der Waals surface area contributed by atoms with Crippen LogP contribution >= 0.6 is 0 Å². The normalized spacial score (nSPS) is 25.7. The predicted molar refractivity (Wildman–Crippen MR) is 56.3 cm³/mol. The SMILES string of the molecule is CCC(CNC(=O)C1CC1C)CC(=O)O. The van der Waals surface area contributed by atoms with Crippen LogP contribution in [0.4, 0.5) is 0 Å². The molecule has 0 spiro atoms. The van der Waals surface area contributed by atoms with Crippen molar-refractivity contribution in [3.63, 3.8) is 0 Å². The number of carboxylic acid groups (broad SMARTS) is 1. The van der Waals surface area contributed by atoms with Gasteiger partial charge >= 0.3 is 5.97 Å². The third kappa shape index (κ3) is 3.90. The van der Waals surface area contributed by atoms with E-state index in [0.717, 1.165) is 12.8 Å². The lowest BCUT2D eigenvalue weighted by atomic mass is 10.0. The number of hydrogen-bond acceptors (Lipinski definition) is 2. The van der Waals surface area contributed by atoms with E-state index in [-0.39, 0.29) is 24.2 Å². The summed E-state index contributed by atoms with van der Waals surface area (Å²) in [6.07, 6.45) is 1.89. The Balaban J connectivity index is 2.21. The highest BCUT2D eigenvalue weighted by molar-refractivity contribution is 5.81. The molecule has 0 aromatic heterocycles. The molecule has 0 heterocycles. The van der Waals surface area contributed by atoms with Crippen LogP contribution in [-0.2, 0) is 9.59 Å². The van der Waals surface area contributed by atoms with Crippen molar-refractivity contribution in [2.24, 2.45) is 17.8 Å². The number of carbonyl (C=O) groups is 2. The lowest BCUT2D eigenvalue weighted by molar-refractivity contribution is -0.138. The molecule has 0 aromatic carbocycles. The van der Waals surface area contributed by atoms with Crippen molar-refractivity contribution < 1.29 is 14.7 Å². The molecule has 15 heavy (non-hydrogen) atoms. The Bertz CT molecular complexity index is 252. The van der Waals surface area contributed by atoms with E-state index in [1.165, 1.54) is 0 Å². The molecular formula is C11H19NO3. The Hall–Kier alpha value is -1.06. The van der Waals surface area contributed by atoms with Gasteiger partial charge in [0.25, 0.3) is 0 Å². The molecule has 4 nitrogen and oxygen atoms in total. The van der Waals surface area contributed by atoms with Crippen molar-refractivity contribution in [2.45, 2.75) is 33.1 Å². The van der Waals surface area contributed by atoms with Gasteiger partial charge in [-0.25, -0.2) is 0 Å². The zero-order valence-electron chi connectivity index (χ0n) is 9.32. The quantitative estimate of drug-likeness (QED) is 0.698. The Morgan fingerprint density at radius 1 is 1.53 bits per heavy atom. The molecule has 86 valence electrons. The summed E-state index contributed by atoms with van der Waals surface area (Å²) >= 11 is 0. The van der Waals surface area contributed by atoms with Crippen LogP contribution in [0.5, 0.6) is 0 Å². The molecule has 0 saturated heterocycles. The fraction of sp³-hybridized carbons (Fsp3) is 0.818. The van der Waals surface area contributed by atoms with Crippen LogP contribution in [0.15, 0.2) is 0 Å². The van der Waals surface area contributed by atoms with E-state index in [0.29, 0.717) is 12.5 Å². The molecule has 4 heteroatoms. The molecule has 0 aliphatic heterocycles. The number of carbonyl (C=O) groups excluding carboxylic acids is 1. The lowest BCUT2D eigenvalue weighted by Gasteiger charge is -2.13. The van der Waals surface area contributed by atoms with Gasteiger partial charge in [0.1, 0.15) is 0 Å².